The Labute approximate surface area is 312 Å². The highest BCUT2D eigenvalue weighted by molar-refractivity contribution is 7.85. The van der Waals surface area contributed by atoms with Crippen LogP contribution >= 0.6 is 15.8 Å². The average molecular weight is 744 g/mol. The maximum absolute atomic E-state index is 10.8. The fraction of sp³-hybridized carbons (Fsp3) is 0.409. The third-order valence-corrected chi connectivity index (χ3v) is 15.0. The van der Waals surface area contributed by atoms with E-state index >= 15 is 0 Å². The summed E-state index contributed by atoms with van der Waals surface area (Å²) in [5, 5.41) is 5.69. The van der Waals surface area contributed by atoms with E-state index in [1.54, 1.807) is 0 Å². The van der Waals surface area contributed by atoms with Crippen molar-refractivity contribution in [3.63, 3.8) is 0 Å². The predicted octanol–water partition coefficient (Wildman–Crippen LogP) is 10.7. The Morgan fingerprint density at radius 3 is 1.06 bits per heavy atom. The maximum Gasteiger partial charge on any atom is 0.264 e. The van der Waals surface area contributed by atoms with Crippen molar-refractivity contribution in [2.75, 3.05) is 18.3 Å². The van der Waals surface area contributed by atoms with Gasteiger partial charge < -0.3 is 4.90 Å². The lowest BCUT2D eigenvalue weighted by Gasteiger charge is -2.31. The monoisotopic (exact) mass is 743 g/mol. The molecular weight excluding hydrogens is 685 g/mol. The van der Waals surface area contributed by atoms with Crippen LogP contribution in [0.25, 0.3) is 0 Å². The SMILES string of the molecule is O=S(=O)(O)CCCCCCCCCCCCCCCC/C=C/N(CP(c1ccccc1)c1ccccc1)CP(c1ccccc1)c1ccccc1. The van der Waals surface area contributed by atoms with Crippen molar-refractivity contribution in [3.8, 4) is 0 Å². The Morgan fingerprint density at radius 2 is 0.745 bits per heavy atom. The number of hydrogen-bond acceptors (Lipinski definition) is 3. The van der Waals surface area contributed by atoms with Gasteiger partial charge in [-0.05, 0) is 62.5 Å². The number of nitrogens with zero attached hydrogens (tertiary/aromatic N) is 1. The van der Waals surface area contributed by atoms with E-state index in [1.165, 1.54) is 91.8 Å². The Bertz CT molecular complexity index is 1420. The van der Waals surface area contributed by atoms with Crippen LogP contribution in [0.2, 0.25) is 0 Å². The molecule has 0 fully saturated rings. The van der Waals surface area contributed by atoms with E-state index in [0.717, 1.165) is 31.8 Å². The van der Waals surface area contributed by atoms with E-state index in [2.05, 4.69) is 139 Å². The highest BCUT2D eigenvalue weighted by Gasteiger charge is 2.21. The molecule has 4 rings (SSSR count). The first-order valence-electron chi connectivity index (χ1n) is 19.1. The molecule has 0 aliphatic carbocycles. The molecule has 0 radical (unpaired) electrons. The van der Waals surface area contributed by atoms with Gasteiger partial charge in [0, 0.05) is 12.6 Å². The Hall–Kier alpha value is -2.81. The third-order valence-electron chi connectivity index (χ3n) is 9.26. The smallest absolute Gasteiger partial charge is 0.264 e. The summed E-state index contributed by atoms with van der Waals surface area (Å²) in [6.45, 7) is 0. The summed E-state index contributed by atoms with van der Waals surface area (Å²) in [5.74, 6) is -0.0982. The second-order valence-corrected chi connectivity index (χ2v) is 19.4. The van der Waals surface area contributed by atoms with Crippen LogP contribution in [0.4, 0.5) is 0 Å². The minimum atomic E-state index is -3.79. The molecule has 4 nitrogen and oxygen atoms in total. The minimum Gasteiger partial charge on any atom is -0.368 e. The van der Waals surface area contributed by atoms with Gasteiger partial charge in [0.05, 0.1) is 5.75 Å². The first-order chi connectivity index (χ1) is 25.0. The van der Waals surface area contributed by atoms with Gasteiger partial charge in [0.1, 0.15) is 0 Å². The molecule has 1 N–H and O–H groups in total. The quantitative estimate of drug-likeness (QED) is 0.0395. The van der Waals surface area contributed by atoms with Gasteiger partial charge >= 0.3 is 0 Å². The van der Waals surface area contributed by atoms with Gasteiger partial charge in [-0.15, -0.1) is 0 Å². The zero-order valence-corrected chi connectivity index (χ0v) is 33.0. The summed E-state index contributed by atoms with van der Waals surface area (Å²) in [4.78, 5) is 2.63. The van der Waals surface area contributed by atoms with E-state index in [0.29, 0.717) is 6.42 Å². The minimum absolute atomic E-state index is 0.0982. The van der Waals surface area contributed by atoms with Gasteiger partial charge in [0.2, 0.25) is 0 Å². The second kappa shape index (κ2) is 24.4. The summed E-state index contributed by atoms with van der Waals surface area (Å²) in [7, 11) is -4.89. The van der Waals surface area contributed by atoms with Crippen LogP contribution in [-0.4, -0.2) is 36.2 Å². The number of benzene rings is 4. The predicted molar refractivity (Wildman–Crippen MR) is 225 cm³/mol. The van der Waals surface area contributed by atoms with Crippen LogP contribution < -0.4 is 21.2 Å². The van der Waals surface area contributed by atoms with Gasteiger partial charge in [-0.1, -0.05) is 204 Å². The van der Waals surface area contributed by atoms with E-state index < -0.39 is 26.0 Å². The summed E-state index contributed by atoms with van der Waals surface area (Å²) in [6, 6.07) is 44.4. The molecule has 0 saturated carbocycles. The largest absolute Gasteiger partial charge is 0.368 e. The lowest BCUT2D eigenvalue weighted by Crippen LogP contribution is -2.28. The maximum atomic E-state index is 10.8. The lowest BCUT2D eigenvalue weighted by atomic mass is 10.0. The zero-order chi connectivity index (χ0) is 35.8. The molecule has 51 heavy (non-hydrogen) atoms. The van der Waals surface area contributed by atoms with Crippen molar-refractivity contribution in [2.24, 2.45) is 0 Å². The van der Waals surface area contributed by atoms with Crippen molar-refractivity contribution in [1.29, 1.82) is 0 Å². The number of unbranched alkanes of at least 4 members (excludes halogenated alkanes) is 14. The molecule has 274 valence electrons. The van der Waals surface area contributed by atoms with Crippen molar-refractivity contribution in [1.82, 2.24) is 4.90 Å². The summed E-state index contributed by atoms with van der Waals surface area (Å²) in [6.07, 6.45) is 24.7. The molecule has 0 unspecified atom stereocenters. The molecule has 0 atom stereocenters. The molecule has 0 amide bonds. The van der Waals surface area contributed by atoms with Crippen molar-refractivity contribution in [2.45, 2.75) is 96.3 Å². The topological polar surface area (TPSA) is 57.6 Å². The molecule has 0 bridgehead atoms. The standard InChI is InChI=1S/C44H59NO3P2S/c46-51(47,48)38-28-14-12-10-8-6-4-2-1-3-5-7-9-11-13-27-37-45(39-49(41-29-19-15-20-30-41)42-31-21-16-22-32-42)40-50(43-33-23-17-24-34-43)44-35-25-18-26-36-44/h15-27,29-37H,1-14,28,38-40H2,(H,46,47,48)/b37-27+. The van der Waals surface area contributed by atoms with Crippen LogP contribution in [0.3, 0.4) is 0 Å². The van der Waals surface area contributed by atoms with E-state index in [-0.39, 0.29) is 5.75 Å². The summed E-state index contributed by atoms with van der Waals surface area (Å²) < 4.78 is 30.4. The molecule has 4 aromatic carbocycles. The fourth-order valence-electron chi connectivity index (χ4n) is 6.45. The molecule has 0 spiro atoms. The molecule has 0 saturated heterocycles. The Morgan fingerprint density at radius 1 is 0.451 bits per heavy atom. The van der Waals surface area contributed by atoms with Crippen LogP contribution in [0.1, 0.15) is 96.3 Å². The van der Waals surface area contributed by atoms with E-state index in [9.17, 15) is 8.42 Å². The number of allylic oxidation sites excluding steroid dienone is 1. The molecule has 0 aliphatic heterocycles. The van der Waals surface area contributed by atoms with Crippen LogP contribution in [0.15, 0.2) is 134 Å². The van der Waals surface area contributed by atoms with Crippen molar-refractivity contribution < 1.29 is 13.0 Å². The highest BCUT2D eigenvalue weighted by atomic mass is 32.2. The number of rotatable bonds is 26. The number of hydrogen-bond donors (Lipinski definition) is 1. The van der Waals surface area contributed by atoms with Gasteiger partial charge in [-0.25, -0.2) is 0 Å². The lowest BCUT2D eigenvalue weighted by molar-refractivity contribution is 0.478. The van der Waals surface area contributed by atoms with Crippen molar-refractivity contribution in [3.05, 3.63) is 134 Å². The van der Waals surface area contributed by atoms with Crippen LogP contribution in [0, 0.1) is 0 Å². The molecule has 0 heterocycles. The zero-order valence-electron chi connectivity index (χ0n) is 30.4. The first-order valence-corrected chi connectivity index (χ1v) is 23.8. The van der Waals surface area contributed by atoms with Gasteiger partial charge in [0.25, 0.3) is 10.1 Å². The van der Waals surface area contributed by atoms with E-state index in [1.807, 2.05) is 0 Å². The Balaban J connectivity index is 1.24. The highest BCUT2D eigenvalue weighted by Crippen LogP contribution is 2.39. The van der Waals surface area contributed by atoms with Crippen LogP contribution in [0.5, 0.6) is 0 Å². The summed E-state index contributed by atoms with van der Waals surface area (Å²) in [5.41, 5.74) is 0. The molecule has 7 heteroatoms. The molecule has 0 aliphatic rings. The fourth-order valence-corrected chi connectivity index (χ4v) is 11.7. The van der Waals surface area contributed by atoms with Crippen LogP contribution in [-0.2, 0) is 10.1 Å². The van der Waals surface area contributed by atoms with Crippen molar-refractivity contribution >= 4 is 47.2 Å². The summed E-state index contributed by atoms with van der Waals surface area (Å²) >= 11 is 0. The normalized spacial score (nSPS) is 11.9. The first kappa shape index (κ1) is 41.0. The van der Waals surface area contributed by atoms with Gasteiger partial charge in [-0.3, -0.25) is 4.55 Å². The molecule has 4 aromatic rings. The second-order valence-electron chi connectivity index (χ2n) is 13.5. The van der Waals surface area contributed by atoms with Gasteiger partial charge in [-0.2, -0.15) is 8.42 Å². The molecular formula is C44H59NO3P2S. The Kier molecular flexibility index (Phi) is 19.6. The molecule has 0 aromatic heterocycles. The third kappa shape index (κ3) is 17.0. The van der Waals surface area contributed by atoms with Gasteiger partial charge in [0.15, 0.2) is 0 Å². The van der Waals surface area contributed by atoms with E-state index in [4.69, 9.17) is 4.55 Å². The average Bonchev–Trinajstić information content (AvgIpc) is 3.16.